The van der Waals surface area contributed by atoms with Gasteiger partial charge in [-0.25, -0.2) is 4.98 Å². The highest BCUT2D eigenvalue weighted by Gasteiger charge is 2.18. The minimum atomic E-state index is -0.403. The topological polar surface area (TPSA) is 97.4 Å². The summed E-state index contributed by atoms with van der Waals surface area (Å²) in [6.45, 7) is 1.21. The Bertz CT molecular complexity index is 1110. The summed E-state index contributed by atoms with van der Waals surface area (Å²) in [5.74, 6) is 0.340. The van der Waals surface area contributed by atoms with Gasteiger partial charge in [-0.1, -0.05) is 12.1 Å². The second kappa shape index (κ2) is 7.55. The maximum absolute atomic E-state index is 12.4. The molecule has 0 atom stereocenters. The predicted molar refractivity (Wildman–Crippen MR) is 103 cm³/mol. The van der Waals surface area contributed by atoms with Gasteiger partial charge in [-0.3, -0.25) is 4.79 Å². The van der Waals surface area contributed by atoms with E-state index in [-0.39, 0.29) is 11.4 Å². The third-order valence-corrected chi connectivity index (χ3v) is 4.61. The van der Waals surface area contributed by atoms with E-state index >= 15 is 0 Å². The number of benzene rings is 1. The standard InChI is InChI=1S/C21H17N3O4/c1-26-18-3-2-16(13-4-7-27-8-5-13)17-10-15(11-22)20(23-19(17)18)24-21(25)14-6-9-28-12-14/h2-4,6,9-10,12H,5,7-8H2,1H3,(H,23,24,25). The third kappa shape index (κ3) is 3.21. The van der Waals surface area contributed by atoms with Gasteiger partial charge >= 0.3 is 0 Å². The average Bonchev–Trinajstić information content (AvgIpc) is 3.28. The van der Waals surface area contributed by atoms with Gasteiger partial charge in [0.1, 0.15) is 23.6 Å². The normalized spacial score (nSPS) is 13.6. The molecule has 0 radical (unpaired) electrons. The highest BCUT2D eigenvalue weighted by atomic mass is 16.5. The Kier molecular flexibility index (Phi) is 4.79. The van der Waals surface area contributed by atoms with Crippen molar-refractivity contribution < 1.29 is 18.7 Å². The minimum Gasteiger partial charge on any atom is -0.494 e. The largest absolute Gasteiger partial charge is 0.494 e. The van der Waals surface area contributed by atoms with Gasteiger partial charge < -0.3 is 19.2 Å². The highest BCUT2D eigenvalue weighted by molar-refractivity contribution is 6.05. The molecule has 0 unspecified atom stereocenters. The number of rotatable bonds is 4. The zero-order valence-electron chi connectivity index (χ0n) is 15.2. The van der Waals surface area contributed by atoms with Crippen LogP contribution in [-0.4, -0.2) is 31.2 Å². The molecule has 2 aromatic heterocycles. The average molecular weight is 375 g/mol. The van der Waals surface area contributed by atoms with Gasteiger partial charge in [0.15, 0.2) is 5.82 Å². The van der Waals surface area contributed by atoms with Crippen molar-refractivity contribution in [3.8, 4) is 11.8 Å². The molecule has 7 nitrogen and oxygen atoms in total. The fourth-order valence-electron chi connectivity index (χ4n) is 3.20. The molecule has 1 aromatic carbocycles. The Hall–Kier alpha value is -3.63. The van der Waals surface area contributed by atoms with Crippen LogP contribution in [0.2, 0.25) is 0 Å². The Morgan fingerprint density at radius 3 is 2.93 bits per heavy atom. The number of nitrogens with zero attached hydrogens (tertiary/aromatic N) is 2. The Morgan fingerprint density at radius 1 is 1.36 bits per heavy atom. The van der Waals surface area contributed by atoms with Gasteiger partial charge in [-0.2, -0.15) is 5.26 Å². The van der Waals surface area contributed by atoms with Crippen molar-refractivity contribution in [1.29, 1.82) is 5.26 Å². The first-order valence-electron chi connectivity index (χ1n) is 8.74. The molecule has 0 saturated carbocycles. The summed E-state index contributed by atoms with van der Waals surface area (Å²) in [6.07, 6.45) is 5.55. The summed E-state index contributed by atoms with van der Waals surface area (Å²) in [5.41, 5.74) is 3.31. The summed E-state index contributed by atoms with van der Waals surface area (Å²) in [4.78, 5) is 16.9. The molecule has 1 amide bonds. The molecule has 7 heteroatoms. The maximum Gasteiger partial charge on any atom is 0.260 e. The second-order valence-corrected chi connectivity index (χ2v) is 6.23. The lowest BCUT2D eigenvalue weighted by Crippen LogP contribution is -2.13. The van der Waals surface area contributed by atoms with E-state index in [1.807, 2.05) is 18.2 Å². The van der Waals surface area contributed by atoms with Gasteiger partial charge in [-0.05, 0) is 35.8 Å². The number of anilines is 1. The number of hydrogen-bond donors (Lipinski definition) is 1. The molecule has 3 heterocycles. The summed E-state index contributed by atoms with van der Waals surface area (Å²) < 4.78 is 15.8. The first-order valence-corrected chi connectivity index (χ1v) is 8.74. The van der Waals surface area contributed by atoms with Crippen LogP contribution in [-0.2, 0) is 4.74 Å². The molecular formula is C21H17N3O4. The lowest BCUT2D eigenvalue weighted by molar-refractivity contribution is 0.102. The number of carbonyl (C=O) groups excluding carboxylic acids is 1. The fourth-order valence-corrected chi connectivity index (χ4v) is 3.20. The zero-order chi connectivity index (χ0) is 19.5. The maximum atomic E-state index is 12.4. The van der Waals surface area contributed by atoms with Gasteiger partial charge in [0.2, 0.25) is 0 Å². The minimum absolute atomic E-state index is 0.178. The quantitative estimate of drug-likeness (QED) is 0.746. The van der Waals surface area contributed by atoms with Gasteiger partial charge in [0, 0.05) is 5.39 Å². The number of furan rings is 1. The Balaban J connectivity index is 1.85. The lowest BCUT2D eigenvalue weighted by atomic mass is 9.96. The molecule has 1 N–H and O–H groups in total. The van der Waals surface area contributed by atoms with Gasteiger partial charge in [0.25, 0.3) is 5.91 Å². The number of methoxy groups -OCH3 is 1. The van der Waals surface area contributed by atoms with Crippen molar-refractivity contribution in [2.24, 2.45) is 0 Å². The smallest absolute Gasteiger partial charge is 0.260 e. The Morgan fingerprint density at radius 2 is 2.25 bits per heavy atom. The van der Waals surface area contributed by atoms with Crippen LogP contribution < -0.4 is 10.1 Å². The SMILES string of the molecule is COc1ccc(C2=CCOCC2)c2cc(C#N)c(NC(=O)c3ccoc3)nc12. The number of amides is 1. The van der Waals surface area contributed by atoms with Crippen molar-refractivity contribution in [2.45, 2.75) is 6.42 Å². The molecule has 0 spiro atoms. The van der Waals surface area contributed by atoms with E-state index < -0.39 is 5.91 Å². The number of carbonyl (C=O) groups is 1. The molecule has 1 aliphatic rings. The van der Waals surface area contributed by atoms with Crippen LogP contribution in [0.15, 0.2) is 47.3 Å². The van der Waals surface area contributed by atoms with Crippen molar-refractivity contribution in [3.05, 3.63) is 59.6 Å². The highest BCUT2D eigenvalue weighted by Crippen LogP contribution is 2.35. The first kappa shape index (κ1) is 17.8. The lowest BCUT2D eigenvalue weighted by Gasteiger charge is -2.17. The van der Waals surface area contributed by atoms with E-state index in [0.717, 1.165) is 22.9 Å². The van der Waals surface area contributed by atoms with Crippen LogP contribution in [0, 0.1) is 11.3 Å². The molecule has 3 aromatic rings. The van der Waals surface area contributed by atoms with Crippen LogP contribution in [0.5, 0.6) is 5.75 Å². The number of pyridine rings is 1. The second-order valence-electron chi connectivity index (χ2n) is 6.23. The monoisotopic (exact) mass is 375 g/mol. The molecular weight excluding hydrogens is 358 g/mol. The van der Waals surface area contributed by atoms with E-state index in [1.165, 1.54) is 12.5 Å². The number of ether oxygens (including phenoxy) is 2. The summed E-state index contributed by atoms with van der Waals surface area (Å²) >= 11 is 0. The number of aromatic nitrogens is 1. The molecule has 140 valence electrons. The molecule has 0 fully saturated rings. The molecule has 28 heavy (non-hydrogen) atoms. The van der Waals surface area contributed by atoms with Crippen LogP contribution in [0.4, 0.5) is 5.82 Å². The predicted octanol–water partition coefficient (Wildman–Crippen LogP) is 3.76. The van der Waals surface area contributed by atoms with E-state index in [2.05, 4.69) is 16.4 Å². The third-order valence-electron chi connectivity index (χ3n) is 4.61. The van der Waals surface area contributed by atoms with Crippen molar-refractivity contribution in [3.63, 3.8) is 0 Å². The van der Waals surface area contributed by atoms with E-state index in [1.54, 1.807) is 19.2 Å². The summed E-state index contributed by atoms with van der Waals surface area (Å²) in [6, 6.07) is 9.20. The molecule has 1 aliphatic heterocycles. The molecule has 0 saturated heterocycles. The van der Waals surface area contributed by atoms with Crippen molar-refractivity contribution in [1.82, 2.24) is 4.98 Å². The summed E-state index contributed by atoms with van der Waals surface area (Å²) in [5, 5.41) is 13.1. The molecule has 4 rings (SSSR count). The van der Waals surface area contributed by atoms with Crippen LogP contribution in [0.25, 0.3) is 16.5 Å². The van der Waals surface area contributed by atoms with E-state index in [4.69, 9.17) is 13.9 Å². The summed E-state index contributed by atoms with van der Waals surface area (Å²) in [7, 11) is 1.56. The van der Waals surface area contributed by atoms with Crippen LogP contribution >= 0.6 is 0 Å². The zero-order valence-corrected chi connectivity index (χ0v) is 15.2. The number of hydrogen-bond acceptors (Lipinski definition) is 6. The number of nitrogens with one attached hydrogen (secondary N) is 1. The van der Waals surface area contributed by atoms with Crippen molar-refractivity contribution in [2.75, 3.05) is 25.6 Å². The molecule has 0 aliphatic carbocycles. The number of fused-ring (bicyclic) bond motifs is 1. The van der Waals surface area contributed by atoms with Crippen molar-refractivity contribution >= 4 is 28.2 Å². The van der Waals surface area contributed by atoms with E-state index in [0.29, 0.717) is 30.0 Å². The van der Waals surface area contributed by atoms with E-state index in [9.17, 15) is 10.1 Å². The van der Waals surface area contributed by atoms with Gasteiger partial charge in [0.05, 0.1) is 37.7 Å². The van der Waals surface area contributed by atoms with Crippen LogP contribution in [0.1, 0.15) is 27.9 Å². The number of nitriles is 1. The van der Waals surface area contributed by atoms with Gasteiger partial charge in [-0.15, -0.1) is 0 Å². The van der Waals surface area contributed by atoms with Crippen LogP contribution in [0.3, 0.4) is 0 Å². The first-order chi connectivity index (χ1) is 13.7. The fraction of sp³-hybridized carbons (Fsp3) is 0.190. The molecule has 0 bridgehead atoms. The Labute approximate surface area is 161 Å².